The Hall–Kier alpha value is -5.30. The highest BCUT2D eigenvalue weighted by Crippen LogP contribution is 2.41. The van der Waals surface area contributed by atoms with Gasteiger partial charge in [0.2, 0.25) is 0 Å². The number of para-hydroxylation sites is 3. The molecule has 0 saturated carbocycles. The Morgan fingerprint density at radius 1 is 0.500 bits per heavy atom. The van der Waals surface area contributed by atoms with E-state index in [0.717, 1.165) is 88.0 Å². The maximum absolute atomic E-state index is 6.50. The minimum Gasteiger partial charge on any atom is -0.456 e. The summed E-state index contributed by atoms with van der Waals surface area (Å²) in [5.41, 5.74) is 9.18. The molecule has 6 heteroatoms. The van der Waals surface area contributed by atoms with Gasteiger partial charge in [-0.2, -0.15) is 0 Å². The first-order valence-electron chi connectivity index (χ1n) is 16.5. The van der Waals surface area contributed by atoms with Crippen LogP contribution in [0.3, 0.4) is 0 Å². The lowest BCUT2D eigenvalue weighted by atomic mass is 9.78. The van der Waals surface area contributed by atoms with Crippen molar-refractivity contribution in [3.05, 3.63) is 121 Å². The summed E-state index contributed by atoms with van der Waals surface area (Å²) in [4.78, 5) is 0. The van der Waals surface area contributed by atoms with Gasteiger partial charge in [-0.3, -0.25) is 0 Å². The van der Waals surface area contributed by atoms with Crippen molar-refractivity contribution in [1.29, 1.82) is 0 Å². The fraction of sp³-hybridized carbons (Fsp3) is 0.143. The summed E-state index contributed by atoms with van der Waals surface area (Å²) in [6, 6.07) is 42.7. The molecule has 1 aliphatic rings. The molecule has 4 heterocycles. The summed E-state index contributed by atoms with van der Waals surface area (Å²) in [6.45, 7) is 8.38. The van der Waals surface area contributed by atoms with Crippen molar-refractivity contribution in [2.75, 3.05) is 0 Å². The third kappa shape index (κ3) is 3.87. The Balaban J connectivity index is 1.22. The standard InChI is InChI=1S/C42H32BNO4/c1-41(2)42(3,4)48-43(47-41)26-17-20-36-33(23-26)32-22-25(28-12-9-13-31-29-10-5-8-15-38(29)46-40(28)31)16-19-35(32)44(36)27-18-21-39-34(24-27)30-11-6-7-14-37(30)45-39/h5-24H,1-4H3. The van der Waals surface area contributed by atoms with Gasteiger partial charge in [0.05, 0.1) is 22.2 Å². The molecule has 1 saturated heterocycles. The topological polar surface area (TPSA) is 49.7 Å². The van der Waals surface area contributed by atoms with Crippen molar-refractivity contribution < 1.29 is 18.1 Å². The minimum atomic E-state index is -0.459. The zero-order valence-corrected chi connectivity index (χ0v) is 27.2. The maximum Gasteiger partial charge on any atom is 0.494 e. The number of rotatable bonds is 3. The van der Waals surface area contributed by atoms with E-state index >= 15 is 0 Å². The van der Waals surface area contributed by atoms with E-state index in [2.05, 4.69) is 129 Å². The molecule has 9 aromatic rings. The van der Waals surface area contributed by atoms with Crippen LogP contribution in [0.5, 0.6) is 0 Å². The second-order valence-electron chi connectivity index (χ2n) is 14.0. The number of nitrogens with zero attached hydrogens (tertiary/aromatic N) is 1. The summed E-state index contributed by atoms with van der Waals surface area (Å²) in [5, 5.41) is 6.73. The largest absolute Gasteiger partial charge is 0.494 e. The summed E-state index contributed by atoms with van der Waals surface area (Å²) < 4.78 is 28.0. The van der Waals surface area contributed by atoms with E-state index < -0.39 is 18.3 Å². The Bertz CT molecular complexity index is 2750. The monoisotopic (exact) mass is 625 g/mol. The Morgan fingerprint density at radius 2 is 1.12 bits per heavy atom. The molecule has 0 unspecified atom stereocenters. The van der Waals surface area contributed by atoms with E-state index in [0.29, 0.717) is 0 Å². The number of furan rings is 2. The van der Waals surface area contributed by atoms with Gasteiger partial charge in [0.1, 0.15) is 22.3 Å². The quantitative estimate of drug-likeness (QED) is 0.183. The number of aromatic nitrogens is 1. The first kappa shape index (κ1) is 27.8. The molecule has 232 valence electrons. The molecule has 1 fully saturated rings. The molecule has 0 amide bonds. The molecule has 5 nitrogen and oxygen atoms in total. The number of hydrogen-bond donors (Lipinski definition) is 0. The SMILES string of the molecule is CC1(C)OB(c2ccc3c(c2)c2cc(-c4cccc5c4oc4ccccc45)ccc2n3-c2ccc3oc4ccccc4c3c2)OC1(C)C. The molecule has 6 aromatic carbocycles. The first-order chi connectivity index (χ1) is 23.3. The molecule has 0 N–H and O–H groups in total. The lowest BCUT2D eigenvalue weighted by Gasteiger charge is -2.32. The third-order valence-corrected chi connectivity index (χ3v) is 10.6. The van der Waals surface area contributed by atoms with Crippen molar-refractivity contribution in [2.45, 2.75) is 38.9 Å². The molecule has 0 atom stereocenters. The molecular formula is C42H32BNO4. The van der Waals surface area contributed by atoms with Crippen LogP contribution in [0, 0.1) is 0 Å². The van der Waals surface area contributed by atoms with Crippen molar-refractivity contribution in [1.82, 2.24) is 4.57 Å². The van der Waals surface area contributed by atoms with Gasteiger partial charge in [0.25, 0.3) is 0 Å². The average molecular weight is 626 g/mol. The van der Waals surface area contributed by atoms with Crippen LogP contribution in [0.15, 0.2) is 130 Å². The second-order valence-corrected chi connectivity index (χ2v) is 14.0. The Morgan fingerprint density at radius 3 is 1.90 bits per heavy atom. The predicted molar refractivity (Wildman–Crippen MR) is 196 cm³/mol. The smallest absolute Gasteiger partial charge is 0.456 e. The summed E-state index contributed by atoms with van der Waals surface area (Å²) >= 11 is 0. The van der Waals surface area contributed by atoms with Gasteiger partial charge in [-0.1, -0.05) is 72.8 Å². The van der Waals surface area contributed by atoms with E-state index in [-0.39, 0.29) is 0 Å². The van der Waals surface area contributed by atoms with Gasteiger partial charge in [0, 0.05) is 43.6 Å². The van der Waals surface area contributed by atoms with Crippen LogP contribution < -0.4 is 5.46 Å². The molecule has 1 aliphatic heterocycles. The summed E-state index contributed by atoms with van der Waals surface area (Å²) in [6.07, 6.45) is 0. The number of hydrogen-bond acceptors (Lipinski definition) is 4. The first-order valence-corrected chi connectivity index (χ1v) is 16.5. The van der Waals surface area contributed by atoms with Crippen LogP contribution in [-0.4, -0.2) is 22.9 Å². The van der Waals surface area contributed by atoms with Crippen LogP contribution in [0.25, 0.3) is 82.5 Å². The van der Waals surface area contributed by atoms with Crippen LogP contribution in [0.4, 0.5) is 0 Å². The lowest BCUT2D eigenvalue weighted by Crippen LogP contribution is -2.41. The molecule has 48 heavy (non-hydrogen) atoms. The highest BCUT2D eigenvalue weighted by molar-refractivity contribution is 6.62. The average Bonchev–Trinajstić information content (AvgIpc) is 3.81. The van der Waals surface area contributed by atoms with Gasteiger partial charge in [-0.25, -0.2) is 0 Å². The van der Waals surface area contributed by atoms with Gasteiger partial charge in [0.15, 0.2) is 0 Å². The molecule has 0 spiro atoms. The predicted octanol–water partition coefficient (Wildman–Crippen LogP) is 10.5. The highest BCUT2D eigenvalue weighted by Gasteiger charge is 2.51. The van der Waals surface area contributed by atoms with E-state index in [9.17, 15) is 0 Å². The van der Waals surface area contributed by atoms with Gasteiger partial charge < -0.3 is 22.7 Å². The van der Waals surface area contributed by atoms with Crippen molar-refractivity contribution in [3.8, 4) is 16.8 Å². The normalized spacial score (nSPS) is 16.0. The highest BCUT2D eigenvalue weighted by atomic mass is 16.7. The van der Waals surface area contributed by atoms with Gasteiger partial charge in [-0.15, -0.1) is 0 Å². The Kier molecular flexibility index (Phi) is 5.57. The number of benzene rings is 6. The number of fused-ring (bicyclic) bond motifs is 9. The molecule has 3 aromatic heterocycles. The fourth-order valence-electron chi connectivity index (χ4n) is 7.44. The molecule has 10 rings (SSSR count). The van der Waals surface area contributed by atoms with Gasteiger partial charge in [-0.05, 0) is 87.3 Å². The van der Waals surface area contributed by atoms with Gasteiger partial charge >= 0.3 is 7.12 Å². The molecule has 0 aliphatic carbocycles. The molecule has 0 radical (unpaired) electrons. The van der Waals surface area contributed by atoms with E-state index in [1.54, 1.807) is 0 Å². The summed E-state index contributed by atoms with van der Waals surface area (Å²) in [7, 11) is -0.459. The zero-order chi connectivity index (χ0) is 32.4. The summed E-state index contributed by atoms with van der Waals surface area (Å²) in [5.74, 6) is 0. The van der Waals surface area contributed by atoms with Crippen molar-refractivity contribution >= 4 is 78.3 Å². The minimum absolute atomic E-state index is 0.429. The van der Waals surface area contributed by atoms with E-state index in [4.69, 9.17) is 18.1 Å². The maximum atomic E-state index is 6.50. The third-order valence-electron chi connectivity index (χ3n) is 10.6. The van der Waals surface area contributed by atoms with E-state index in [1.807, 2.05) is 24.3 Å². The van der Waals surface area contributed by atoms with Crippen LogP contribution in [-0.2, 0) is 9.31 Å². The van der Waals surface area contributed by atoms with Crippen LogP contribution in [0.2, 0.25) is 0 Å². The zero-order valence-electron chi connectivity index (χ0n) is 27.2. The second kappa shape index (κ2) is 9.63. The molecule has 0 bridgehead atoms. The fourth-order valence-corrected chi connectivity index (χ4v) is 7.44. The van der Waals surface area contributed by atoms with E-state index in [1.165, 1.54) is 0 Å². The van der Waals surface area contributed by atoms with Crippen LogP contribution >= 0.6 is 0 Å². The van der Waals surface area contributed by atoms with Crippen LogP contribution in [0.1, 0.15) is 27.7 Å². The lowest BCUT2D eigenvalue weighted by molar-refractivity contribution is 0.00578. The Labute approximate surface area is 277 Å². The molecular weight excluding hydrogens is 593 g/mol. The van der Waals surface area contributed by atoms with Crippen molar-refractivity contribution in [3.63, 3.8) is 0 Å². The van der Waals surface area contributed by atoms with Crippen molar-refractivity contribution in [2.24, 2.45) is 0 Å².